The summed E-state index contributed by atoms with van der Waals surface area (Å²) >= 11 is 0. The summed E-state index contributed by atoms with van der Waals surface area (Å²) < 4.78 is 4.15. The van der Waals surface area contributed by atoms with Crippen LogP contribution >= 0.6 is 0 Å². The van der Waals surface area contributed by atoms with Crippen molar-refractivity contribution in [3.63, 3.8) is 0 Å². The van der Waals surface area contributed by atoms with Gasteiger partial charge in [-0.25, -0.2) is 0 Å². The molecular formula is C20H33N7O. The predicted molar refractivity (Wildman–Crippen MR) is 107 cm³/mol. The number of rotatable bonds is 5. The van der Waals surface area contributed by atoms with Crippen LogP contribution in [0.2, 0.25) is 0 Å². The van der Waals surface area contributed by atoms with Gasteiger partial charge in [-0.3, -0.25) is 14.5 Å². The van der Waals surface area contributed by atoms with Crippen LogP contribution in [-0.2, 0) is 27.2 Å². The first-order valence-corrected chi connectivity index (χ1v) is 10.5. The highest BCUT2D eigenvalue weighted by Crippen LogP contribution is 2.27. The van der Waals surface area contributed by atoms with E-state index in [2.05, 4.69) is 43.6 Å². The van der Waals surface area contributed by atoms with Crippen LogP contribution in [0.1, 0.15) is 54.5 Å². The third-order valence-electron chi connectivity index (χ3n) is 6.52. The van der Waals surface area contributed by atoms with Gasteiger partial charge in [-0.05, 0) is 39.2 Å². The van der Waals surface area contributed by atoms with Crippen molar-refractivity contribution in [2.24, 2.45) is 14.1 Å². The number of aryl methyl sites for hydroxylation is 1. The molecule has 0 saturated carbocycles. The van der Waals surface area contributed by atoms with Gasteiger partial charge in [0.1, 0.15) is 11.6 Å². The minimum Gasteiger partial charge on any atom is -0.393 e. The topological polar surface area (TPSA) is 75.2 Å². The molecule has 2 aliphatic rings. The molecule has 0 spiro atoms. The monoisotopic (exact) mass is 387 g/mol. The summed E-state index contributed by atoms with van der Waals surface area (Å²) in [4.78, 5) is 4.90. The van der Waals surface area contributed by atoms with Gasteiger partial charge in [0, 0.05) is 57.4 Å². The summed E-state index contributed by atoms with van der Waals surface area (Å²) in [5, 5.41) is 23.2. The summed E-state index contributed by atoms with van der Waals surface area (Å²) in [6.45, 7) is 7.94. The average Bonchev–Trinajstić information content (AvgIpc) is 3.21. The number of nitrogens with zero attached hydrogens (tertiary/aromatic N) is 7. The summed E-state index contributed by atoms with van der Waals surface area (Å²) in [6, 6.07) is 0. The Hall–Kier alpha value is -1.77. The molecule has 154 valence electrons. The van der Waals surface area contributed by atoms with Crippen molar-refractivity contribution in [3.8, 4) is 0 Å². The van der Waals surface area contributed by atoms with Crippen LogP contribution < -0.4 is 0 Å². The molecular weight excluding hydrogens is 354 g/mol. The molecule has 0 amide bonds. The predicted octanol–water partition coefficient (Wildman–Crippen LogP) is 1.19. The normalized spacial score (nSPS) is 22.8. The maximum absolute atomic E-state index is 9.70. The molecule has 28 heavy (non-hydrogen) atoms. The lowest BCUT2D eigenvalue weighted by Crippen LogP contribution is -2.36. The van der Waals surface area contributed by atoms with Gasteiger partial charge < -0.3 is 9.67 Å². The zero-order valence-electron chi connectivity index (χ0n) is 17.4. The van der Waals surface area contributed by atoms with Gasteiger partial charge >= 0.3 is 0 Å². The van der Waals surface area contributed by atoms with Crippen LogP contribution in [-0.4, -0.2) is 71.7 Å². The number of hydrogen-bond donors (Lipinski definition) is 1. The highest BCUT2D eigenvalue weighted by Gasteiger charge is 2.27. The number of aromatic nitrogens is 5. The maximum atomic E-state index is 9.70. The second-order valence-corrected chi connectivity index (χ2v) is 8.49. The number of aliphatic hydroxyl groups excluding tert-OH is 1. The van der Waals surface area contributed by atoms with Gasteiger partial charge in [0.25, 0.3) is 0 Å². The third-order valence-corrected chi connectivity index (χ3v) is 6.52. The fourth-order valence-electron chi connectivity index (χ4n) is 4.50. The van der Waals surface area contributed by atoms with Crippen molar-refractivity contribution in [1.29, 1.82) is 0 Å². The summed E-state index contributed by atoms with van der Waals surface area (Å²) in [5.41, 5.74) is 2.56. The Bertz CT molecular complexity index is 791. The first-order valence-electron chi connectivity index (χ1n) is 10.5. The van der Waals surface area contributed by atoms with Gasteiger partial charge in [-0.15, -0.1) is 10.2 Å². The first kappa shape index (κ1) is 19.5. The molecule has 2 fully saturated rings. The zero-order chi connectivity index (χ0) is 19.7. The molecule has 8 heteroatoms. The minimum atomic E-state index is -0.136. The first-order chi connectivity index (χ1) is 13.5. The number of hydrogen-bond acceptors (Lipinski definition) is 6. The van der Waals surface area contributed by atoms with Gasteiger partial charge in [0.15, 0.2) is 0 Å². The Labute approximate surface area is 167 Å². The summed E-state index contributed by atoms with van der Waals surface area (Å²) in [7, 11) is 4.11. The second-order valence-electron chi connectivity index (χ2n) is 8.49. The molecule has 4 rings (SSSR count). The Balaban J connectivity index is 1.39. The minimum absolute atomic E-state index is 0.136. The highest BCUT2D eigenvalue weighted by atomic mass is 16.3. The molecule has 1 atom stereocenters. The van der Waals surface area contributed by atoms with E-state index in [1.165, 1.54) is 24.1 Å². The van der Waals surface area contributed by atoms with Crippen LogP contribution in [0.25, 0.3) is 0 Å². The molecule has 1 N–H and O–H groups in total. The highest BCUT2D eigenvalue weighted by molar-refractivity contribution is 5.16. The third kappa shape index (κ3) is 4.14. The summed E-state index contributed by atoms with van der Waals surface area (Å²) in [6.07, 6.45) is 5.93. The standard InChI is InChI=1S/C20H33N7O/c1-15-17(11-21-25(15)3)13-27-8-4-5-16(12-27)20-23-22-19(24(20)2)14-26-9-6-18(28)7-10-26/h11,16,18,28H,4-10,12-14H2,1-3H3. The zero-order valence-corrected chi connectivity index (χ0v) is 17.4. The van der Waals surface area contributed by atoms with Crippen molar-refractivity contribution >= 4 is 0 Å². The molecule has 2 aromatic rings. The van der Waals surface area contributed by atoms with Crippen molar-refractivity contribution in [2.75, 3.05) is 26.2 Å². The smallest absolute Gasteiger partial charge is 0.146 e. The Morgan fingerprint density at radius 2 is 1.82 bits per heavy atom. The molecule has 8 nitrogen and oxygen atoms in total. The van der Waals surface area contributed by atoms with Gasteiger partial charge in [0.2, 0.25) is 0 Å². The molecule has 2 aromatic heterocycles. The van der Waals surface area contributed by atoms with Crippen LogP contribution in [0.5, 0.6) is 0 Å². The van der Waals surface area contributed by atoms with Crippen molar-refractivity contribution in [3.05, 3.63) is 29.1 Å². The lowest BCUT2D eigenvalue weighted by molar-refractivity contribution is 0.0775. The molecule has 0 bridgehead atoms. The van der Waals surface area contributed by atoms with Crippen LogP contribution in [0.3, 0.4) is 0 Å². The van der Waals surface area contributed by atoms with Crippen LogP contribution in [0, 0.1) is 6.92 Å². The van der Waals surface area contributed by atoms with Crippen LogP contribution in [0.4, 0.5) is 0 Å². The van der Waals surface area contributed by atoms with Gasteiger partial charge in [-0.2, -0.15) is 5.10 Å². The van der Waals surface area contributed by atoms with E-state index in [9.17, 15) is 5.11 Å². The quantitative estimate of drug-likeness (QED) is 0.831. The fourth-order valence-corrected chi connectivity index (χ4v) is 4.50. The van der Waals surface area contributed by atoms with Crippen LogP contribution in [0.15, 0.2) is 6.20 Å². The number of aliphatic hydroxyl groups is 1. The SMILES string of the molecule is Cc1c(CN2CCCC(c3nnc(CN4CCC(O)CC4)n3C)C2)cnn1C. The largest absolute Gasteiger partial charge is 0.393 e. The number of piperidine rings is 2. The van der Waals surface area contributed by atoms with Crippen molar-refractivity contribution < 1.29 is 5.11 Å². The van der Waals surface area contributed by atoms with E-state index in [1.807, 2.05) is 17.9 Å². The molecule has 0 radical (unpaired) electrons. The molecule has 2 saturated heterocycles. The van der Waals surface area contributed by atoms with E-state index in [1.54, 1.807) is 0 Å². The van der Waals surface area contributed by atoms with Crippen molar-refractivity contribution in [2.45, 2.75) is 57.7 Å². The molecule has 4 heterocycles. The fraction of sp³-hybridized carbons (Fsp3) is 0.750. The van der Waals surface area contributed by atoms with E-state index in [4.69, 9.17) is 0 Å². The summed E-state index contributed by atoms with van der Waals surface area (Å²) in [5.74, 6) is 2.58. The Kier molecular flexibility index (Phi) is 5.80. The lowest BCUT2D eigenvalue weighted by atomic mass is 9.96. The Morgan fingerprint density at radius 1 is 1.04 bits per heavy atom. The van der Waals surface area contributed by atoms with E-state index >= 15 is 0 Å². The average molecular weight is 388 g/mol. The van der Waals surface area contributed by atoms with E-state index in [0.717, 1.165) is 63.8 Å². The van der Waals surface area contributed by atoms with E-state index in [-0.39, 0.29) is 6.10 Å². The van der Waals surface area contributed by atoms with E-state index < -0.39 is 0 Å². The maximum Gasteiger partial charge on any atom is 0.146 e. The van der Waals surface area contributed by atoms with Gasteiger partial charge in [-0.1, -0.05) is 0 Å². The van der Waals surface area contributed by atoms with Crippen molar-refractivity contribution in [1.82, 2.24) is 34.3 Å². The molecule has 0 aromatic carbocycles. The number of likely N-dealkylation sites (tertiary alicyclic amines) is 2. The lowest BCUT2D eigenvalue weighted by Gasteiger charge is -2.32. The molecule has 1 unspecified atom stereocenters. The van der Waals surface area contributed by atoms with Gasteiger partial charge in [0.05, 0.1) is 18.8 Å². The molecule has 2 aliphatic heterocycles. The van der Waals surface area contributed by atoms with E-state index in [0.29, 0.717) is 5.92 Å². The Morgan fingerprint density at radius 3 is 2.54 bits per heavy atom. The molecule has 0 aliphatic carbocycles. The second kappa shape index (κ2) is 8.31.